The molecule has 1 aliphatic heterocycles. The topological polar surface area (TPSA) is 66.4 Å². The van der Waals surface area contributed by atoms with E-state index in [0.29, 0.717) is 57.4 Å². The van der Waals surface area contributed by atoms with E-state index in [-0.39, 0.29) is 18.1 Å². The van der Waals surface area contributed by atoms with Crippen LogP contribution >= 0.6 is 0 Å². The number of ether oxygens (including phenoxy) is 5. The Bertz CT molecular complexity index is 1050. The van der Waals surface area contributed by atoms with Crippen LogP contribution < -0.4 is 4.74 Å². The van der Waals surface area contributed by atoms with Gasteiger partial charge in [-0.3, -0.25) is 0 Å². The monoisotopic (exact) mass is 508 g/mol. The summed E-state index contributed by atoms with van der Waals surface area (Å²) >= 11 is 0. The summed E-state index contributed by atoms with van der Waals surface area (Å²) in [5, 5.41) is 9.05. The molecule has 37 heavy (non-hydrogen) atoms. The van der Waals surface area contributed by atoms with Crippen molar-refractivity contribution in [2.75, 3.05) is 39.6 Å². The molecule has 0 amide bonds. The Labute approximate surface area is 220 Å². The summed E-state index contributed by atoms with van der Waals surface area (Å²) in [5.41, 5.74) is 3.93. The summed E-state index contributed by atoms with van der Waals surface area (Å²) < 4.78 is 31.0. The van der Waals surface area contributed by atoms with E-state index >= 15 is 0 Å². The molecule has 200 valence electrons. The van der Waals surface area contributed by atoms with Gasteiger partial charge in [-0.1, -0.05) is 43.3 Å². The Morgan fingerprint density at radius 1 is 1.00 bits per heavy atom. The second-order valence-electron chi connectivity index (χ2n) is 11.3. The fourth-order valence-electron chi connectivity index (χ4n) is 7.90. The molecule has 1 heterocycles. The number of benzene rings is 2. The highest BCUT2D eigenvalue weighted by atomic mass is 16.7. The maximum atomic E-state index is 9.05. The third kappa shape index (κ3) is 4.61. The zero-order chi connectivity index (χ0) is 25.3. The van der Waals surface area contributed by atoms with Gasteiger partial charge in [0.25, 0.3) is 0 Å². The van der Waals surface area contributed by atoms with Crippen LogP contribution in [0.25, 0.3) is 0 Å². The van der Waals surface area contributed by atoms with Gasteiger partial charge in [0.05, 0.1) is 45.7 Å². The lowest BCUT2D eigenvalue weighted by Gasteiger charge is -2.55. The molecular weight excluding hydrogens is 468 g/mol. The van der Waals surface area contributed by atoms with Crippen LogP contribution in [0.15, 0.2) is 48.5 Å². The van der Waals surface area contributed by atoms with Crippen molar-refractivity contribution < 1.29 is 28.8 Å². The molecule has 3 fully saturated rings. The molecule has 2 saturated carbocycles. The SMILES string of the molecule is C[C@]12C[C@H](OCCOCCO)[C@@H]3c4ccc(OCc5ccccc5)cc4CC[C@H]3[C@@H]1CCC21OCCO1. The summed E-state index contributed by atoms with van der Waals surface area (Å²) in [6.45, 7) is 5.74. The lowest BCUT2D eigenvalue weighted by Crippen LogP contribution is -2.56. The quantitative estimate of drug-likeness (QED) is 0.488. The van der Waals surface area contributed by atoms with Crippen molar-refractivity contribution >= 4 is 0 Å². The minimum Gasteiger partial charge on any atom is -0.489 e. The second-order valence-corrected chi connectivity index (χ2v) is 11.3. The smallest absolute Gasteiger partial charge is 0.174 e. The molecule has 5 atom stereocenters. The van der Waals surface area contributed by atoms with Gasteiger partial charge in [0, 0.05) is 17.8 Å². The van der Waals surface area contributed by atoms with Gasteiger partial charge in [0.1, 0.15) is 12.4 Å². The highest BCUT2D eigenvalue weighted by Crippen LogP contribution is 2.66. The molecule has 1 N–H and O–H groups in total. The number of aliphatic hydroxyl groups excluding tert-OH is 1. The van der Waals surface area contributed by atoms with Gasteiger partial charge >= 0.3 is 0 Å². The number of aliphatic hydroxyl groups is 1. The second kappa shape index (κ2) is 10.7. The largest absolute Gasteiger partial charge is 0.489 e. The number of hydrogen-bond acceptors (Lipinski definition) is 6. The summed E-state index contributed by atoms with van der Waals surface area (Å²) in [6.07, 6.45) is 5.33. The van der Waals surface area contributed by atoms with Crippen molar-refractivity contribution in [3.63, 3.8) is 0 Å². The molecule has 1 saturated heterocycles. The first-order valence-electron chi connectivity index (χ1n) is 14.0. The van der Waals surface area contributed by atoms with Gasteiger partial charge in [-0.05, 0) is 66.3 Å². The van der Waals surface area contributed by atoms with Crippen LogP contribution in [0.3, 0.4) is 0 Å². The third-order valence-corrected chi connectivity index (χ3v) is 9.49. The van der Waals surface area contributed by atoms with Gasteiger partial charge in [0.2, 0.25) is 0 Å². The van der Waals surface area contributed by atoms with Crippen LogP contribution in [-0.2, 0) is 32.0 Å². The molecule has 2 aromatic carbocycles. The predicted molar refractivity (Wildman–Crippen MR) is 139 cm³/mol. The first-order valence-corrected chi connectivity index (χ1v) is 14.0. The molecule has 2 aromatic rings. The fraction of sp³-hybridized carbons (Fsp3) is 0.613. The van der Waals surface area contributed by atoms with Crippen molar-refractivity contribution in [2.45, 2.75) is 63.4 Å². The maximum Gasteiger partial charge on any atom is 0.174 e. The van der Waals surface area contributed by atoms with E-state index in [1.54, 1.807) is 0 Å². The van der Waals surface area contributed by atoms with E-state index in [4.69, 9.17) is 28.8 Å². The summed E-state index contributed by atoms with van der Waals surface area (Å²) in [6, 6.07) is 17.0. The first kappa shape index (κ1) is 25.3. The zero-order valence-electron chi connectivity index (χ0n) is 21.9. The number of hydrogen-bond donors (Lipinski definition) is 1. The predicted octanol–water partition coefficient (Wildman–Crippen LogP) is 4.87. The highest BCUT2D eigenvalue weighted by molar-refractivity contribution is 5.42. The number of rotatable bonds is 9. The van der Waals surface area contributed by atoms with Gasteiger partial charge < -0.3 is 28.8 Å². The van der Waals surface area contributed by atoms with Crippen LogP contribution in [0, 0.1) is 17.3 Å². The van der Waals surface area contributed by atoms with Crippen LogP contribution in [0.1, 0.15) is 55.2 Å². The van der Waals surface area contributed by atoms with Crippen molar-refractivity contribution in [3.8, 4) is 5.75 Å². The van der Waals surface area contributed by atoms with Crippen LogP contribution in [-0.4, -0.2) is 56.6 Å². The van der Waals surface area contributed by atoms with E-state index < -0.39 is 5.79 Å². The summed E-state index contributed by atoms with van der Waals surface area (Å²) in [5.74, 6) is 1.91. The van der Waals surface area contributed by atoms with E-state index in [9.17, 15) is 0 Å². The lowest BCUT2D eigenvalue weighted by molar-refractivity contribution is -0.250. The third-order valence-electron chi connectivity index (χ3n) is 9.49. The minimum atomic E-state index is -0.465. The fourth-order valence-corrected chi connectivity index (χ4v) is 7.90. The molecule has 6 nitrogen and oxygen atoms in total. The average Bonchev–Trinajstić information content (AvgIpc) is 3.53. The Kier molecular flexibility index (Phi) is 7.30. The number of fused-ring (bicyclic) bond motifs is 6. The standard InChI is InChI=1S/C31H40O6/c1-30-20-28(34-16-15-33-14-13-32)29-25-10-8-24(35-21-22-5-3-2-4-6-22)19-23(25)7-9-26(29)27(30)11-12-31(30)36-17-18-37-31/h2-6,8,10,19,26-29,32H,7,9,11-18,20-21H2,1H3/t26-,27-,28-,29+,30-/m0/s1. The normalized spacial score (nSPS) is 31.6. The molecule has 3 aliphatic carbocycles. The van der Waals surface area contributed by atoms with E-state index in [2.05, 4.69) is 37.3 Å². The zero-order valence-corrected chi connectivity index (χ0v) is 21.9. The Morgan fingerprint density at radius 2 is 1.84 bits per heavy atom. The molecule has 0 radical (unpaired) electrons. The lowest BCUT2D eigenvalue weighted by atomic mass is 9.53. The van der Waals surface area contributed by atoms with Crippen molar-refractivity contribution in [1.82, 2.24) is 0 Å². The van der Waals surface area contributed by atoms with Gasteiger partial charge in [-0.15, -0.1) is 0 Å². The molecule has 0 bridgehead atoms. The van der Waals surface area contributed by atoms with Crippen LogP contribution in [0.4, 0.5) is 0 Å². The highest BCUT2D eigenvalue weighted by Gasteiger charge is 2.67. The molecule has 1 spiro atoms. The van der Waals surface area contributed by atoms with Crippen LogP contribution in [0.5, 0.6) is 5.75 Å². The molecule has 6 heteroatoms. The Balaban J connectivity index is 1.25. The summed E-state index contributed by atoms with van der Waals surface area (Å²) in [4.78, 5) is 0. The first-order chi connectivity index (χ1) is 18.1. The van der Waals surface area contributed by atoms with Gasteiger partial charge in [0.15, 0.2) is 5.79 Å². The van der Waals surface area contributed by atoms with E-state index in [1.807, 2.05) is 18.2 Å². The molecule has 4 aliphatic rings. The van der Waals surface area contributed by atoms with E-state index in [1.165, 1.54) is 16.7 Å². The van der Waals surface area contributed by atoms with Gasteiger partial charge in [-0.25, -0.2) is 0 Å². The van der Waals surface area contributed by atoms with Crippen molar-refractivity contribution in [3.05, 3.63) is 65.2 Å². The molecule has 0 aromatic heterocycles. The minimum absolute atomic E-state index is 0.0348. The van der Waals surface area contributed by atoms with Crippen molar-refractivity contribution in [2.24, 2.45) is 17.3 Å². The Hall–Kier alpha value is -1.96. The van der Waals surface area contributed by atoms with Crippen LogP contribution in [0.2, 0.25) is 0 Å². The Morgan fingerprint density at radius 3 is 2.65 bits per heavy atom. The maximum absolute atomic E-state index is 9.05. The summed E-state index contributed by atoms with van der Waals surface area (Å²) in [7, 11) is 0. The molecular formula is C31H40O6. The van der Waals surface area contributed by atoms with E-state index in [0.717, 1.165) is 37.9 Å². The molecule has 6 rings (SSSR count). The van der Waals surface area contributed by atoms with Gasteiger partial charge in [-0.2, -0.15) is 0 Å². The molecule has 0 unspecified atom stereocenters. The number of aryl methyl sites for hydroxylation is 1. The van der Waals surface area contributed by atoms with Crippen molar-refractivity contribution in [1.29, 1.82) is 0 Å². The average molecular weight is 509 g/mol.